The lowest BCUT2D eigenvalue weighted by Crippen LogP contribution is -2.41. The van der Waals surface area contributed by atoms with Gasteiger partial charge in [0.2, 0.25) is 0 Å². The topological polar surface area (TPSA) is 52.0 Å². The van der Waals surface area contributed by atoms with E-state index in [1.165, 1.54) is 19.3 Å². The Hall–Kier alpha value is -0.940. The third-order valence-corrected chi connectivity index (χ3v) is 3.50. The summed E-state index contributed by atoms with van der Waals surface area (Å²) >= 11 is 0. The molecule has 1 aromatic heterocycles. The minimum Gasteiger partial charge on any atom is -0.369 e. The Morgan fingerprint density at radius 3 is 3.06 bits per heavy atom. The molecule has 0 saturated heterocycles. The summed E-state index contributed by atoms with van der Waals surface area (Å²) in [6, 6.07) is 0.488. The first kappa shape index (κ1) is 12.5. The van der Waals surface area contributed by atoms with Crippen LogP contribution in [0.4, 0.5) is 0 Å². The van der Waals surface area contributed by atoms with Gasteiger partial charge in [0.05, 0.1) is 6.10 Å². The van der Waals surface area contributed by atoms with Gasteiger partial charge in [-0.2, -0.15) is 5.10 Å². The summed E-state index contributed by atoms with van der Waals surface area (Å²) in [7, 11) is 2.01. The highest BCUT2D eigenvalue weighted by Gasteiger charge is 2.24. The second kappa shape index (κ2) is 6.12. The van der Waals surface area contributed by atoms with Crippen molar-refractivity contribution in [3.63, 3.8) is 0 Å². The van der Waals surface area contributed by atoms with Gasteiger partial charge in [-0.05, 0) is 26.8 Å². The number of ether oxygens (including phenoxy) is 1. The molecule has 0 aromatic carbocycles. The smallest absolute Gasteiger partial charge is 0.152 e. The summed E-state index contributed by atoms with van der Waals surface area (Å²) in [5.41, 5.74) is 0. The molecule has 1 saturated carbocycles. The molecule has 96 valence electrons. The van der Waals surface area contributed by atoms with Gasteiger partial charge in [0.15, 0.2) is 5.82 Å². The van der Waals surface area contributed by atoms with Crippen LogP contribution in [-0.4, -0.2) is 34.0 Å². The molecule has 1 fully saturated rings. The van der Waals surface area contributed by atoms with E-state index in [0.29, 0.717) is 18.8 Å². The highest BCUT2D eigenvalue weighted by Crippen LogP contribution is 2.21. The standard InChI is InChI=1S/C12H22N4O/c1-3-16-12(14-9-15-16)8-17-11-7-5-4-6-10(11)13-2/h9-11,13H,3-8H2,1-2H3. The predicted octanol–water partition coefficient (Wildman–Crippen LogP) is 1.35. The van der Waals surface area contributed by atoms with Gasteiger partial charge in [-0.15, -0.1) is 0 Å². The molecular formula is C12H22N4O. The Kier molecular flexibility index (Phi) is 4.50. The molecule has 0 amide bonds. The maximum absolute atomic E-state index is 5.99. The molecule has 0 bridgehead atoms. The Morgan fingerprint density at radius 1 is 1.47 bits per heavy atom. The Balaban J connectivity index is 1.88. The van der Waals surface area contributed by atoms with Crippen LogP contribution < -0.4 is 5.32 Å². The van der Waals surface area contributed by atoms with Gasteiger partial charge >= 0.3 is 0 Å². The number of nitrogens with zero attached hydrogens (tertiary/aromatic N) is 3. The van der Waals surface area contributed by atoms with E-state index in [4.69, 9.17) is 4.74 Å². The normalized spacial score (nSPS) is 25.1. The van der Waals surface area contributed by atoms with Crippen molar-refractivity contribution >= 4 is 0 Å². The third-order valence-electron chi connectivity index (χ3n) is 3.50. The van der Waals surface area contributed by atoms with Crippen LogP contribution in [0.15, 0.2) is 6.33 Å². The summed E-state index contributed by atoms with van der Waals surface area (Å²) < 4.78 is 7.87. The Labute approximate surface area is 103 Å². The molecule has 0 radical (unpaired) electrons. The number of hydrogen-bond acceptors (Lipinski definition) is 4. The highest BCUT2D eigenvalue weighted by molar-refractivity contribution is 4.84. The van der Waals surface area contributed by atoms with Gasteiger partial charge in [-0.3, -0.25) is 0 Å². The average molecular weight is 238 g/mol. The van der Waals surface area contributed by atoms with Crippen LogP contribution in [0.5, 0.6) is 0 Å². The lowest BCUT2D eigenvalue weighted by Gasteiger charge is -2.31. The van der Waals surface area contributed by atoms with Crippen LogP contribution >= 0.6 is 0 Å². The van der Waals surface area contributed by atoms with Crippen LogP contribution in [0.25, 0.3) is 0 Å². The van der Waals surface area contributed by atoms with Crippen LogP contribution in [0.3, 0.4) is 0 Å². The summed E-state index contributed by atoms with van der Waals surface area (Å²) in [5, 5.41) is 7.49. The predicted molar refractivity (Wildman–Crippen MR) is 65.6 cm³/mol. The lowest BCUT2D eigenvalue weighted by atomic mass is 9.92. The first-order chi connectivity index (χ1) is 8.35. The van der Waals surface area contributed by atoms with E-state index in [-0.39, 0.29) is 0 Å². The van der Waals surface area contributed by atoms with E-state index >= 15 is 0 Å². The van der Waals surface area contributed by atoms with E-state index in [1.807, 2.05) is 11.7 Å². The van der Waals surface area contributed by atoms with Gasteiger partial charge in [-0.1, -0.05) is 12.8 Å². The molecule has 2 unspecified atom stereocenters. The quantitative estimate of drug-likeness (QED) is 0.841. The zero-order chi connectivity index (χ0) is 12.1. The summed E-state index contributed by atoms with van der Waals surface area (Å²) in [6.45, 7) is 3.48. The highest BCUT2D eigenvalue weighted by atomic mass is 16.5. The molecule has 5 nitrogen and oxygen atoms in total. The van der Waals surface area contributed by atoms with Gasteiger partial charge in [0, 0.05) is 12.6 Å². The molecule has 1 N–H and O–H groups in total. The minimum absolute atomic E-state index is 0.316. The lowest BCUT2D eigenvalue weighted by molar-refractivity contribution is -0.00790. The summed E-state index contributed by atoms with van der Waals surface area (Å²) in [6.07, 6.45) is 6.84. The summed E-state index contributed by atoms with van der Waals surface area (Å²) in [4.78, 5) is 4.23. The van der Waals surface area contributed by atoms with Crippen molar-refractivity contribution < 1.29 is 4.74 Å². The first-order valence-corrected chi connectivity index (χ1v) is 6.50. The van der Waals surface area contributed by atoms with E-state index in [1.54, 1.807) is 6.33 Å². The number of rotatable bonds is 5. The molecule has 17 heavy (non-hydrogen) atoms. The average Bonchev–Trinajstić information content (AvgIpc) is 2.84. The molecule has 1 aromatic rings. The van der Waals surface area contributed by atoms with Crippen LogP contribution in [0, 0.1) is 0 Å². The number of nitrogens with one attached hydrogen (secondary N) is 1. The molecule has 5 heteroatoms. The maximum atomic E-state index is 5.99. The van der Waals surface area contributed by atoms with Crippen LogP contribution in [0.1, 0.15) is 38.4 Å². The van der Waals surface area contributed by atoms with Crippen molar-refractivity contribution in [3.05, 3.63) is 12.2 Å². The van der Waals surface area contributed by atoms with Gasteiger partial charge in [0.25, 0.3) is 0 Å². The fourth-order valence-electron chi connectivity index (χ4n) is 2.47. The second-order valence-corrected chi connectivity index (χ2v) is 4.52. The van der Waals surface area contributed by atoms with Crippen LogP contribution in [0.2, 0.25) is 0 Å². The SMILES string of the molecule is CCn1ncnc1COC1CCCCC1NC. The second-order valence-electron chi connectivity index (χ2n) is 4.52. The molecule has 0 aliphatic heterocycles. The fourth-order valence-corrected chi connectivity index (χ4v) is 2.47. The largest absolute Gasteiger partial charge is 0.369 e. The molecule has 2 atom stereocenters. The van der Waals surface area contributed by atoms with Crippen molar-refractivity contribution in [1.29, 1.82) is 0 Å². The van der Waals surface area contributed by atoms with Crippen LogP contribution in [-0.2, 0) is 17.9 Å². The van der Waals surface area contributed by atoms with E-state index in [9.17, 15) is 0 Å². The van der Waals surface area contributed by atoms with Gasteiger partial charge in [0.1, 0.15) is 12.9 Å². The maximum Gasteiger partial charge on any atom is 0.152 e. The molecule has 1 aliphatic rings. The zero-order valence-electron chi connectivity index (χ0n) is 10.7. The molecule has 0 spiro atoms. The number of likely N-dealkylation sites (N-methyl/N-ethyl adjacent to an activating group) is 1. The van der Waals surface area contributed by atoms with E-state index in [2.05, 4.69) is 22.3 Å². The molecule has 1 aliphatic carbocycles. The zero-order valence-corrected chi connectivity index (χ0v) is 10.7. The van der Waals surface area contributed by atoms with Crippen molar-refractivity contribution in [1.82, 2.24) is 20.1 Å². The van der Waals surface area contributed by atoms with Gasteiger partial charge in [-0.25, -0.2) is 9.67 Å². The fraction of sp³-hybridized carbons (Fsp3) is 0.833. The van der Waals surface area contributed by atoms with E-state index < -0.39 is 0 Å². The Morgan fingerprint density at radius 2 is 2.29 bits per heavy atom. The van der Waals surface area contributed by atoms with Crippen molar-refractivity contribution in [2.24, 2.45) is 0 Å². The Bertz CT molecular complexity index is 339. The monoisotopic (exact) mass is 238 g/mol. The first-order valence-electron chi connectivity index (χ1n) is 6.50. The molecule has 1 heterocycles. The number of aromatic nitrogens is 3. The molecule has 2 rings (SSSR count). The van der Waals surface area contributed by atoms with Crippen molar-refractivity contribution in [3.8, 4) is 0 Å². The number of hydrogen-bond donors (Lipinski definition) is 1. The minimum atomic E-state index is 0.316. The summed E-state index contributed by atoms with van der Waals surface area (Å²) in [5.74, 6) is 0.924. The third kappa shape index (κ3) is 3.04. The van der Waals surface area contributed by atoms with Crippen molar-refractivity contribution in [2.75, 3.05) is 7.05 Å². The van der Waals surface area contributed by atoms with Crippen molar-refractivity contribution in [2.45, 2.75) is 57.9 Å². The van der Waals surface area contributed by atoms with E-state index in [0.717, 1.165) is 18.8 Å². The number of aryl methyl sites for hydroxylation is 1. The van der Waals surface area contributed by atoms with Gasteiger partial charge < -0.3 is 10.1 Å². The molecular weight excluding hydrogens is 216 g/mol.